The van der Waals surface area contributed by atoms with Crippen molar-refractivity contribution in [2.24, 2.45) is 7.05 Å². The van der Waals surface area contributed by atoms with Gasteiger partial charge < -0.3 is 5.11 Å². The van der Waals surface area contributed by atoms with E-state index >= 15 is 0 Å². The van der Waals surface area contributed by atoms with Crippen LogP contribution in [0.25, 0.3) is 0 Å². The van der Waals surface area contributed by atoms with Crippen molar-refractivity contribution in [2.45, 2.75) is 38.5 Å². The van der Waals surface area contributed by atoms with Crippen LogP contribution in [0.3, 0.4) is 0 Å². The SMILES string of the molecule is Cc1nn(C)c(Cl)c1CS(=O)(=O)CCC(C)(C)O. The highest BCUT2D eigenvalue weighted by Gasteiger charge is 2.22. The molecule has 1 aromatic rings. The summed E-state index contributed by atoms with van der Waals surface area (Å²) in [6.45, 7) is 4.91. The largest absolute Gasteiger partial charge is 0.390 e. The summed E-state index contributed by atoms with van der Waals surface area (Å²) >= 11 is 6.00. The third-order valence-corrected chi connectivity index (χ3v) is 4.69. The molecule has 0 radical (unpaired) electrons. The molecule has 0 bridgehead atoms. The molecule has 0 aliphatic heterocycles. The zero-order valence-corrected chi connectivity index (χ0v) is 12.6. The zero-order valence-electron chi connectivity index (χ0n) is 11.1. The van der Waals surface area contributed by atoms with Gasteiger partial charge in [0.2, 0.25) is 0 Å². The first-order chi connectivity index (χ1) is 8.02. The fourth-order valence-corrected chi connectivity index (χ4v) is 3.60. The molecule has 1 N–H and O–H groups in total. The van der Waals surface area contributed by atoms with Crippen molar-refractivity contribution in [2.75, 3.05) is 5.75 Å². The number of hydrogen-bond donors (Lipinski definition) is 1. The molecule has 5 nitrogen and oxygen atoms in total. The van der Waals surface area contributed by atoms with Crippen LogP contribution in [0, 0.1) is 6.92 Å². The van der Waals surface area contributed by atoms with Crippen LogP contribution in [0.15, 0.2) is 0 Å². The molecule has 1 rings (SSSR count). The standard InChI is InChI=1S/C11H19ClN2O3S/c1-8-9(10(12)14(4)13-8)7-18(16,17)6-5-11(2,3)15/h15H,5-7H2,1-4H3. The maximum Gasteiger partial charge on any atom is 0.154 e. The molecule has 0 fully saturated rings. The highest BCUT2D eigenvalue weighted by molar-refractivity contribution is 7.90. The lowest BCUT2D eigenvalue weighted by atomic mass is 10.1. The lowest BCUT2D eigenvalue weighted by Gasteiger charge is -2.16. The first kappa shape index (κ1) is 15.5. The molecule has 0 unspecified atom stereocenters. The Morgan fingerprint density at radius 1 is 1.44 bits per heavy atom. The van der Waals surface area contributed by atoms with Gasteiger partial charge in [-0.25, -0.2) is 8.42 Å². The average Bonchev–Trinajstić information content (AvgIpc) is 2.41. The molecule has 1 heterocycles. The Bertz CT molecular complexity index is 529. The number of nitrogens with zero attached hydrogens (tertiary/aromatic N) is 2. The van der Waals surface area contributed by atoms with Gasteiger partial charge in [-0.3, -0.25) is 4.68 Å². The maximum atomic E-state index is 12.0. The van der Waals surface area contributed by atoms with Crippen molar-refractivity contribution in [3.8, 4) is 0 Å². The minimum Gasteiger partial charge on any atom is -0.390 e. The summed E-state index contributed by atoms with van der Waals surface area (Å²) in [6, 6.07) is 0. The second-order valence-corrected chi connectivity index (χ2v) is 7.67. The number of halogens is 1. The second kappa shape index (κ2) is 5.19. The molecule has 0 aliphatic carbocycles. The van der Waals surface area contributed by atoms with E-state index in [0.717, 1.165) is 0 Å². The molecule has 7 heteroatoms. The number of aromatic nitrogens is 2. The van der Waals surface area contributed by atoms with Crippen molar-refractivity contribution in [1.29, 1.82) is 0 Å². The smallest absolute Gasteiger partial charge is 0.154 e. The highest BCUT2D eigenvalue weighted by Crippen LogP contribution is 2.22. The summed E-state index contributed by atoms with van der Waals surface area (Å²) in [6.07, 6.45) is 0.201. The predicted molar refractivity (Wildman–Crippen MR) is 71.4 cm³/mol. The summed E-state index contributed by atoms with van der Waals surface area (Å²) in [5, 5.41) is 14.0. The Kier molecular flexibility index (Phi) is 4.46. The van der Waals surface area contributed by atoms with Crippen molar-refractivity contribution < 1.29 is 13.5 Å². The molecule has 18 heavy (non-hydrogen) atoms. The van der Waals surface area contributed by atoms with E-state index in [4.69, 9.17) is 11.6 Å². The number of sulfone groups is 1. The van der Waals surface area contributed by atoms with Gasteiger partial charge in [-0.1, -0.05) is 11.6 Å². The van der Waals surface area contributed by atoms with Crippen LogP contribution in [0.2, 0.25) is 5.15 Å². The van der Waals surface area contributed by atoms with Gasteiger partial charge in [0.1, 0.15) is 5.15 Å². The van der Waals surface area contributed by atoms with Crippen LogP contribution in [0.4, 0.5) is 0 Å². The van der Waals surface area contributed by atoms with Crippen LogP contribution in [-0.2, 0) is 22.6 Å². The van der Waals surface area contributed by atoms with Gasteiger partial charge in [0.15, 0.2) is 9.84 Å². The van der Waals surface area contributed by atoms with E-state index in [-0.39, 0.29) is 17.9 Å². The fourth-order valence-electron chi connectivity index (χ4n) is 1.54. The monoisotopic (exact) mass is 294 g/mol. The Morgan fingerprint density at radius 3 is 2.39 bits per heavy atom. The van der Waals surface area contributed by atoms with Gasteiger partial charge in [0.05, 0.1) is 22.8 Å². The van der Waals surface area contributed by atoms with Gasteiger partial charge in [-0.15, -0.1) is 0 Å². The molecule has 0 saturated heterocycles. The van der Waals surface area contributed by atoms with Gasteiger partial charge in [0.25, 0.3) is 0 Å². The van der Waals surface area contributed by atoms with Crippen molar-refractivity contribution in [1.82, 2.24) is 9.78 Å². The van der Waals surface area contributed by atoms with Crippen molar-refractivity contribution >= 4 is 21.4 Å². The molecule has 0 atom stereocenters. The third-order valence-electron chi connectivity index (χ3n) is 2.66. The normalized spacial score (nSPS) is 13.0. The Labute approximate surface area is 113 Å². The maximum absolute atomic E-state index is 12.0. The minimum absolute atomic E-state index is 0.0683. The van der Waals surface area contributed by atoms with Crippen LogP contribution in [0.5, 0.6) is 0 Å². The van der Waals surface area contributed by atoms with Crippen molar-refractivity contribution in [3.05, 3.63) is 16.4 Å². The lowest BCUT2D eigenvalue weighted by Crippen LogP contribution is -2.24. The Balaban J connectivity index is 2.83. The zero-order chi connectivity index (χ0) is 14.1. The van der Waals surface area contributed by atoms with Crippen LogP contribution >= 0.6 is 11.6 Å². The molecule has 0 amide bonds. The minimum atomic E-state index is -3.30. The van der Waals surface area contributed by atoms with E-state index in [1.54, 1.807) is 27.8 Å². The number of aryl methyl sites for hydroxylation is 2. The first-order valence-electron chi connectivity index (χ1n) is 5.62. The lowest BCUT2D eigenvalue weighted by molar-refractivity contribution is 0.0772. The number of aliphatic hydroxyl groups is 1. The molecule has 104 valence electrons. The van der Waals surface area contributed by atoms with Crippen LogP contribution in [0.1, 0.15) is 31.5 Å². The average molecular weight is 295 g/mol. The fraction of sp³-hybridized carbons (Fsp3) is 0.727. The van der Waals surface area contributed by atoms with E-state index in [0.29, 0.717) is 16.4 Å². The van der Waals surface area contributed by atoms with Gasteiger partial charge >= 0.3 is 0 Å². The van der Waals surface area contributed by atoms with E-state index in [1.165, 1.54) is 4.68 Å². The molecular formula is C11H19ClN2O3S. The van der Waals surface area contributed by atoms with E-state index in [2.05, 4.69) is 5.10 Å². The summed E-state index contributed by atoms with van der Waals surface area (Å²) in [7, 11) is -1.63. The quantitative estimate of drug-likeness (QED) is 0.892. The van der Waals surface area contributed by atoms with Crippen LogP contribution < -0.4 is 0 Å². The Morgan fingerprint density at radius 2 is 2.00 bits per heavy atom. The van der Waals surface area contributed by atoms with E-state index < -0.39 is 15.4 Å². The summed E-state index contributed by atoms with van der Waals surface area (Å²) in [5.41, 5.74) is 0.171. The number of hydrogen-bond acceptors (Lipinski definition) is 4. The molecule has 0 spiro atoms. The van der Waals surface area contributed by atoms with Crippen LogP contribution in [-0.4, -0.2) is 34.7 Å². The summed E-state index contributed by atoms with van der Waals surface area (Å²) in [4.78, 5) is 0. The van der Waals surface area contributed by atoms with Gasteiger partial charge in [-0.05, 0) is 27.2 Å². The summed E-state index contributed by atoms with van der Waals surface area (Å²) < 4.78 is 25.4. The second-order valence-electron chi connectivity index (χ2n) is 5.13. The van der Waals surface area contributed by atoms with Gasteiger partial charge in [-0.2, -0.15) is 5.10 Å². The molecule has 0 aromatic carbocycles. The molecule has 0 aliphatic rings. The third kappa shape index (κ3) is 4.26. The first-order valence-corrected chi connectivity index (χ1v) is 7.82. The summed E-state index contributed by atoms with van der Waals surface area (Å²) in [5.74, 6) is -0.206. The highest BCUT2D eigenvalue weighted by atomic mass is 35.5. The Hall–Kier alpha value is -0.590. The predicted octanol–water partition coefficient (Wildman–Crippen LogP) is 1.46. The van der Waals surface area contributed by atoms with E-state index in [1.807, 2.05) is 0 Å². The number of rotatable bonds is 5. The van der Waals surface area contributed by atoms with Gasteiger partial charge in [0, 0.05) is 12.6 Å². The molecular weight excluding hydrogens is 276 g/mol. The topological polar surface area (TPSA) is 72.2 Å². The van der Waals surface area contributed by atoms with E-state index in [9.17, 15) is 13.5 Å². The molecule has 1 aromatic heterocycles. The molecule has 0 saturated carbocycles. The van der Waals surface area contributed by atoms with Crippen molar-refractivity contribution in [3.63, 3.8) is 0 Å².